The normalized spacial score (nSPS) is 22.1. The second kappa shape index (κ2) is 6.82. The van der Waals surface area contributed by atoms with Crippen molar-refractivity contribution in [2.45, 2.75) is 38.8 Å². The molecule has 0 aliphatic heterocycles. The molecule has 2 nitrogen and oxygen atoms in total. The molecule has 0 unspecified atom stereocenters. The molecule has 0 radical (unpaired) electrons. The van der Waals surface area contributed by atoms with Crippen LogP contribution in [0, 0.1) is 5.92 Å². The summed E-state index contributed by atoms with van der Waals surface area (Å²) in [7, 11) is 0. The van der Waals surface area contributed by atoms with Gasteiger partial charge in [0.15, 0.2) is 0 Å². The molecule has 0 saturated heterocycles. The van der Waals surface area contributed by atoms with Crippen molar-refractivity contribution in [3.8, 4) is 0 Å². The number of nitrogens with one attached hydrogen (secondary N) is 1. The van der Waals surface area contributed by atoms with Crippen molar-refractivity contribution < 1.29 is 5.11 Å². The molecule has 1 aliphatic rings. The molecule has 4 heteroatoms. The fourth-order valence-corrected chi connectivity index (χ4v) is 4.02. The Hall–Kier alpha value is -0.0300. The minimum Gasteiger partial charge on any atom is -0.390 e. The van der Waals surface area contributed by atoms with Crippen LogP contribution < -0.4 is 5.32 Å². The van der Waals surface area contributed by atoms with Crippen LogP contribution in [-0.4, -0.2) is 28.8 Å². The van der Waals surface area contributed by atoms with Crippen LogP contribution in [0.25, 0.3) is 0 Å². The highest BCUT2D eigenvalue weighted by molar-refractivity contribution is 9.10. The molecule has 0 fully saturated rings. The lowest BCUT2D eigenvalue weighted by Gasteiger charge is -2.20. The third kappa shape index (κ3) is 4.48. The first kappa shape index (κ1) is 16.3. The van der Waals surface area contributed by atoms with Gasteiger partial charge in [0.2, 0.25) is 0 Å². The molecule has 2 atom stereocenters. The van der Waals surface area contributed by atoms with Crippen molar-refractivity contribution in [3.63, 3.8) is 0 Å². The molecule has 0 spiro atoms. The summed E-state index contributed by atoms with van der Waals surface area (Å²) in [5, 5.41) is 13.4. The highest BCUT2D eigenvalue weighted by atomic mass is 79.9. The van der Waals surface area contributed by atoms with Crippen LogP contribution >= 0.6 is 27.7 Å². The van der Waals surface area contributed by atoms with Crippen molar-refractivity contribution in [1.29, 1.82) is 0 Å². The summed E-state index contributed by atoms with van der Waals surface area (Å²) >= 11 is 5.37. The summed E-state index contributed by atoms with van der Waals surface area (Å²) in [5.74, 6) is 2.48. The number of benzene rings is 1. The highest BCUT2D eigenvalue weighted by Crippen LogP contribution is 2.37. The first-order chi connectivity index (χ1) is 9.37. The third-order valence-electron chi connectivity index (χ3n) is 3.62. The Kier molecular flexibility index (Phi) is 5.57. The van der Waals surface area contributed by atoms with Crippen LogP contribution in [0.5, 0.6) is 0 Å². The van der Waals surface area contributed by atoms with E-state index in [1.807, 2.05) is 25.6 Å². The van der Waals surface area contributed by atoms with Crippen LogP contribution in [0.1, 0.15) is 37.9 Å². The molecule has 1 aromatic carbocycles. The van der Waals surface area contributed by atoms with Crippen LogP contribution in [0.2, 0.25) is 0 Å². The van der Waals surface area contributed by atoms with E-state index in [1.165, 1.54) is 11.1 Å². The van der Waals surface area contributed by atoms with Gasteiger partial charge in [0, 0.05) is 28.6 Å². The zero-order valence-corrected chi connectivity index (χ0v) is 14.9. The van der Waals surface area contributed by atoms with Gasteiger partial charge in [-0.2, -0.15) is 11.8 Å². The average Bonchev–Trinajstić information content (AvgIpc) is 2.64. The lowest BCUT2D eigenvalue weighted by molar-refractivity contribution is 0.107. The fourth-order valence-electron chi connectivity index (χ4n) is 2.73. The number of hydrogen-bond acceptors (Lipinski definition) is 3. The second-order valence-corrected chi connectivity index (χ2v) is 8.34. The maximum absolute atomic E-state index is 9.68. The fraction of sp³-hybridized carbons (Fsp3) is 0.625. The molecule has 2 N–H and O–H groups in total. The monoisotopic (exact) mass is 357 g/mol. The van der Waals surface area contributed by atoms with Gasteiger partial charge in [-0.05, 0) is 49.4 Å². The van der Waals surface area contributed by atoms with Crippen molar-refractivity contribution in [2.24, 2.45) is 5.92 Å². The molecular weight excluding hydrogens is 334 g/mol. The second-order valence-electron chi connectivity index (χ2n) is 6.32. The molecule has 1 aromatic rings. The zero-order valence-electron chi connectivity index (χ0n) is 12.4. The van der Waals surface area contributed by atoms with Gasteiger partial charge >= 0.3 is 0 Å². The predicted molar refractivity (Wildman–Crippen MR) is 91.4 cm³/mol. The number of halogens is 1. The molecule has 0 saturated carbocycles. The smallest absolute Gasteiger partial charge is 0.0681 e. The molecule has 112 valence electrons. The van der Waals surface area contributed by atoms with E-state index in [9.17, 15) is 5.11 Å². The Labute approximate surface area is 134 Å². The minimum atomic E-state index is -0.567. The summed E-state index contributed by atoms with van der Waals surface area (Å²) in [6.45, 7) is 7.03. The van der Waals surface area contributed by atoms with Crippen LogP contribution in [-0.2, 0) is 6.42 Å². The van der Waals surface area contributed by atoms with Crippen molar-refractivity contribution >= 4 is 27.7 Å². The van der Waals surface area contributed by atoms with Gasteiger partial charge in [-0.15, -0.1) is 0 Å². The number of aliphatic hydroxyl groups is 1. The van der Waals surface area contributed by atoms with Gasteiger partial charge in [-0.25, -0.2) is 0 Å². The number of thioether (sulfide) groups is 1. The first-order valence-corrected chi connectivity index (χ1v) is 9.13. The van der Waals surface area contributed by atoms with E-state index < -0.39 is 5.60 Å². The average molecular weight is 358 g/mol. The Morgan fingerprint density at radius 3 is 2.90 bits per heavy atom. The van der Waals surface area contributed by atoms with Gasteiger partial charge in [0.1, 0.15) is 0 Å². The number of hydrogen-bond donors (Lipinski definition) is 2. The van der Waals surface area contributed by atoms with Crippen molar-refractivity contribution in [2.75, 3.05) is 18.1 Å². The Morgan fingerprint density at radius 2 is 2.20 bits per heavy atom. The maximum atomic E-state index is 9.68. The maximum Gasteiger partial charge on any atom is 0.0681 e. The summed E-state index contributed by atoms with van der Waals surface area (Å²) in [4.78, 5) is 0. The molecule has 0 heterocycles. The van der Waals surface area contributed by atoms with Gasteiger partial charge in [-0.1, -0.05) is 28.9 Å². The van der Waals surface area contributed by atoms with E-state index in [4.69, 9.17) is 0 Å². The van der Waals surface area contributed by atoms with E-state index in [0.717, 1.165) is 28.9 Å². The highest BCUT2D eigenvalue weighted by Gasteiger charge is 2.28. The summed E-state index contributed by atoms with van der Waals surface area (Å²) in [5.41, 5.74) is 2.35. The molecular formula is C16H24BrNOS. The predicted octanol–water partition coefficient (Wildman–Crippen LogP) is 3.78. The molecule has 0 aromatic heterocycles. The lowest BCUT2D eigenvalue weighted by Crippen LogP contribution is -2.27. The molecule has 0 amide bonds. The molecule has 1 aliphatic carbocycles. The van der Waals surface area contributed by atoms with Gasteiger partial charge in [0.25, 0.3) is 0 Å². The topological polar surface area (TPSA) is 32.3 Å². The third-order valence-corrected chi connectivity index (χ3v) is 5.52. The van der Waals surface area contributed by atoms with Crippen molar-refractivity contribution in [1.82, 2.24) is 5.32 Å². The summed E-state index contributed by atoms with van der Waals surface area (Å²) in [6.07, 6.45) is 1.16. The van der Waals surface area contributed by atoms with Gasteiger partial charge in [-0.3, -0.25) is 0 Å². The van der Waals surface area contributed by atoms with Crippen LogP contribution in [0.15, 0.2) is 22.7 Å². The Balaban J connectivity index is 1.83. The number of rotatable bonds is 6. The summed E-state index contributed by atoms with van der Waals surface area (Å²) < 4.78 is 1.16. The summed E-state index contributed by atoms with van der Waals surface area (Å²) in [6, 6.07) is 7.08. The zero-order chi connectivity index (χ0) is 14.8. The van der Waals surface area contributed by atoms with E-state index in [0.29, 0.717) is 12.0 Å². The quantitative estimate of drug-likeness (QED) is 0.760. The van der Waals surface area contributed by atoms with Gasteiger partial charge < -0.3 is 10.4 Å². The first-order valence-electron chi connectivity index (χ1n) is 7.18. The largest absolute Gasteiger partial charge is 0.390 e. The van der Waals surface area contributed by atoms with E-state index in [2.05, 4.69) is 46.4 Å². The lowest BCUT2D eigenvalue weighted by atomic mass is 10.0. The Bertz CT molecular complexity index is 458. The van der Waals surface area contributed by atoms with E-state index in [1.54, 1.807) is 0 Å². The van der Waals surface area contributed by atoms with E-state index in [-0.39, 0.29) is 0 Å². The SMILES string of the molecule is C[C@H]1Cc2ccc(Br)cc2[C@H]1NCCSCC(C)(C)O. The number of fused-ring (bicyclic) bond motifs is 1. The molecule has 0 bridgehead atoms. The molecule has 2 rings (SSSR count). The van der Waals surface area contributed by atoms with Crippen LogP contribution in [0.4, 0.5) is 0 Å². The standard InChI is InChI=1S/C16H24BrNOS/c1-11-8-12-4-5-13(17)9-14(12)15(11)18-6-7-20-10-16(2,3)19/h4-5,9,11,15,18-19H,6-8,10H2,1-3H3/t11-,15-/m0/s1. The molecule has 20 heavy (non-hydrogen) atoms. The van der Waals surface area contributed by atoms with Crippen LogP contribution in [0.3, 0.4) is 0 Å². The van der Waals surface area contributed by atoms with Crippen molar-refractivity contribution in [3.05, 3.63) is 33.8 Å². The Morgan fingerprint density at radius 1 is 1.45 bits per heavy atom. The minimum absolute atomic E-state index is 0.463. The van der Waals surface area contributed by atoms with E-state index >= 15 is 0 Å². The van der Waals surface area contributed by atoms with Gasteiger partial charge in [0.05, 0.1) is 5.60 Å².